The topological polar surface area (TPSA) is 99.1 Å². The van der Waals surface area contributed by atoms with Crippen molar-refractivity contribution in [1.82, 2.24) is 19.5 Å². The Bertz CT molecular complexity index is 694. The van der Waals surface area contributed by atoms with Gasteiger partial charge < -0.3 is 15.6 Å². The number of nitrogen functional groups attached to an aromatic ring is 1. The summed E-state index contributed by atoms with van der Waals surface area (Å²) in [6, 6.07) is 0. The van der Waals surface area contributed by atoms with Gasteiger partial charge in [0.2, 0.25) is 6.23 Å². The number of anilines is 1. The Kier molecular flexibility index (Phi) is 2.61. The Hall–Kier alpha value is -2.29. The number of rotatable bonds is 2. The highest BCUT2D eigenvalue weighted by molar-refractivity contribution is 5.81. The van der Waals surface area contributed by atoms with E-state index >= 15 is 0 Å². The number of hydrogen-bond acceptors (Lipinski definition) is 6. The number of imidazole rings is 1. The first-order chi connectivity index (χ1) is 9.38. The zero-order valence-corrected chi connectivity index (χ0v) is 10.4. The standard InChI is InChI=1S/C11H11F2N5O2/c1-11(12,13)6-2-5(19)10(20-6)18-4-17-7-8(14)15-3-16-9(7)18/h2-5,10,19H,1H3,(H2,14,15,16)/t5-,10-/m1/s1. The minimum absolute atomic E-state index is 0.162. The monoisotopic (exact) mass is 283 g/mol. The fraction of sp³-hybridized carbons (Fsp3) is 0.364. The van der Waals surface area contributed by atoms with E-state index in [0.717, 1.165) is 6.08 Å². The van der Waals surface area contributed by atoms with Gasteiger partial charge in [0.1, 0.15) is 24.3 Å². The van der Waals surface area contributed by atoms with E-state index in [1.165, 1.54) is 17.2 Å². The molecule has 2 aromatic rings. The third-order valence-electron chi connectivity index (χ3n) is 2.96. The van der Waals surface area contributed by atoms with Gasteiger partial charge in [-0.25, -0.2) is 15.0 Å². The number of fused-ring (bicyclic) bond motifs is 1. The molecule has 0 unspecified atom stereocenters. The molecule has 1 aliphatic heterocycles. The number of halogens is 2. The van der Waals surface area contributed by atoms with E-state index in [9.17, 15) is 13.9 Å². The number of hydrogen-bond donors (Lipinski definition) is 2. The number of aliphatic hydroxyl groups is 1. The van der Waals surface area contributed by atoms with Gasteiger partial charge in [0.15, 0.2) is 17.2 Å². The van der Waals surface area contributed by atoms with Crippen molar-refractivity contribution in [3.05, 3.63) is 24.5 Å². The summed E-state index contributed by atoms with van der Waals surface area (Å²) in [6.45, 7) is 0.695. The molecule has 0 fully saturated rings. The Labute approximate surface area is 111 Å². The molecule has 2 aromatic heterocycles. The van der Waals surface area contributed by atoms with Crippen molar-refractivity contribution in [1.29, 1.82) is 0 Å². The maximum Gasteiger partial charge on any atom is 0.301 e. The summed E-state index contributed by atoms with van der Waals surface area (Å²) < 4.78 is 32.9. The van der Waals surface area contributed by atoms with Crippen molar-refractivity contribution in [2.75, 3.05) is 5.73 Å². The predicted octanol–water partition coefficient (Wildman–Crippen LogP) is 0.837. The number of nitrogens with zero attached hydrogens (tertiary/aromatic N) is 4. The Morgan fingerprint density at radius 2 is 2.15 bits per heavy atom. The number of alkyl halides is 2. The molecule has 1 aliphatic rings. The van der Waals surface area contributed by atoms with Gasteiger partial charge in [-0.1, -0.05) is 0 Å². The zero-order chi connectivity index (χ0) is 14.5. The Morgan fingerprint density at radius 1 is 1.40 bits per heavy atom. The van der Waals surface area contributed by atoms with Crippen LogP contribution >= 0.6 is 0 Å². The van der Waals surface area contributed by atoms with Crippen molar-refractivity contribution in [2.45, 2.75) is 25.2 Å². The molecule has 0 bridgehead atoms. The molecule has 3 N–H and O–H groups in total. The maximum atomic E-state index is 13.2. The van der Waals surface area contributed by atoms with Gasteiger partial charge in [-0.2, -0.15) is 8.78 Å². The lowest BCUT2D eigenvalue weighted by molar-refractivity contribution is -0.0565. The fourth-order valence-corrected chi connectivity index (χ4v) is 2.00. The van der Waals surface area contributed by atoms with Crippen LogP contribution in [0.4, 0.5) is 14.6 Å². The van der Waals surface area contributed by atoms with Crippen LogP contribution in [-0.2, 0) is 4.74 Å². The van der Waals surface area contributed by atoms with Crippen molar-refractivity contribution in [2.24, 2.45) is 0 Å². The lowest BCUT2D eigenvalue weighted by atomic mass is 10.2. The first-order valence-electron chi connectivity index (χ1n) is 5.76. The van der Waals surface area contributed by atoms with Crippen LogP contribution in [0.2, 0.25) is 0 Å². The van der Waals surface area contributed by atoms with Gasteiger partial charge in [0.05, 0.1) is 0 Å². The van der Waals surface area contributed by atoms with Crippen LogP contribution in [0.3, 0.4) is 0 Å². The second-order valence-corrected chi connectivity index (χ2v) is 4.50. The fourth-order valence-electron chi connectivity index (χ4n) is 2.00. The second kappa shape index (κ2) is 4.10. The van der Waals surface area contributed by atoms with Crippen molar-refractivity contribution >= 4 is 17.0 Å². The van der Waals surface area contributed by atoms with Crippen LogP contribution in [0.5, 0.6) is 0 Å². The molecule has 0 aromatic carbocycles. The first kappa shape index (κ1) is 12.7. The predicted molar refractivity (Wildman–Crippen MR) is 64.6 cm³/mol. The van der Waals surface area contributed by atoms with Crippen LogP contribution in [0.15, 0.2) is 24.5 Å². The van der Waals surface area contributed by atoms with E-state index in [1.807, 2.05) is 0 Å². The van der Waals surface area contributed by atoms with Crippen LogP contribution < -0.4 is 5.73 Å². The first-order valence-corrected chi connectivity index (χ1v) is 5.76. The minimum Gasteiger partial charge on any atom is -0.465 e. The molecule has 20 heavy (non-hydrogen) atoms. The van der Waals surface area contributed by atoms with Crippen LogP contribution in [-0.4, -0.2) is 36.7 Å². The third-order valence-corrected chi connectivity index (χ3v) is 2.96. The molecule has 106 valence electrons. The number of aromatic nitrogens is 4. The zero-order valence-electron chi connectivity index (χ0n) is 10.4. The summed E-state index contributed by atoms with van der Waals surface area (Å²) >= 11 is 0. The lowest BCUT2D eigenvalue weighted by Crippen LogP contribution is -2.21. The Morgan fingerprint density at radius 3 is 2.80 bits per heavy atom. The van der Waals surface area contributed by atoms with Gasteiger partial charge >= 0.3 is 5.92 Å². The molecular weight excluding hydrogens is 272 g/mol. The molecule has 0 aliphatic carbocycles. The largest absolute Gasteiger partial charge is 0.465 e. The molecule has 0 saturated heterocycles. The van der Waals surface area contributed by atoms with Gasteiger partial charge in [-0.15, -0.1) is 0 Å². The van der Waals surface area contributed by atoms with Crippen molar-refractivity contribution < 1.29 is 18.6 Å². The average Bonchev–Trinajstić information content (AvgIpc) is 2.92. The molecule has 3 heterocycles. The molecule has 0 amide bonds. The van der Waals surface area contributed by atoms with Gasteiger partial charge in [0.25, 0.3) is 0 Å². The molecule has 7 nitrogen and oxygen atoms in total. The van der Waals surface area contributed by atoms with E-state index in [-0.39, 0.29) is 5.82 Å². The minimum atomic E-state index is -3.17. The van der Waals surface area contributed by atoms with E-state index in [1.54, 1.807) is 0 Å². The molecule has 9 heteroatoms. The highest BCUT2D eigenvalue weighted by atomic mass is 19.3. The Balaban J connectivity index is 2.00. The normalized spacial score (nSPS) is 22.9. The quantitative estimate of drug-likeness (QED) is 0.847. The van der Waals surface area contributed by atoms with E-state index in [2.05, 4.69) is 15.0 Å². The highest BCUT2D eigenvalue weighted by Crippen LogP contribution is 2.36. The van der Waals surface area contributed by atoms with Crippen molar-refractivity contribution in [3.8, 4) is 0 Å². The summed E-state index contributed by atoms with van der Waals surface area (Å²) in [7, 11) is 0. The summed E-state index contributed by atoms with van der Waals surface area (Å²) in [5.74, 6) is -3.59. The van der Waals surface area contributed by atoms with Crippen LogP contribution in [0.1, 0.15) is 13.2 Å². The lowest BCUT2D eigenvalue weighted by Gasteiger charge is -2.19. The highest BCUT2D eigenvalue weighted by Gasteiger charge is 2.40. The molecule has 0 spiro atoms. The molecule has 3 rings (SSSR count). The van der Waals surface area contributed by atoms with Gasteiger partial charge in [-0.3, -0.25) is 4.57 Å². The number of ether oxygens (including phenoxy) is 1. The van der Waals surface area contributed by atoms with Crippen LogP contribution in [0, 0.1) is 0 Å². The van der Waals surface area contributed by atoms with E-state index in [0.29, 0.717) is 18.1 Å². The molecule has 0 radical (unpaired) electrons. The van der Waals surface area contributed by atoms with Crippen LogP contribution in [0.25, 0.3) is 11.2 Å². The van der Waals surface area contributed by atoms with E-state index < -0.39 is 24.0 Å². The summed E-state index contributed by atoms with van der Waals surface area (Å²) in [6.07, 6.45) is 1.22. The van der Waals surface area contributed by atoms with Gasteiger partial charge in [0, 0.05) is 6.92 Å². The van der Waals surface area contributed by atoms with Crippen molar-refractivity contribution in [3.63, 3.8) is 0 Å². The number of nitrogens with two attached hydrogens (primary N) is 1. The molecular formula is C11H11F2N5O2. The SMILES string of the molecule is CC(F)(F)C1=C[C@@H](O)[C@H](n2cnc3c(N)ncnc32)O1. The summed E-state index contributed by atoms with van der Waals surface area (Å²) in [4.78, 5) is 11.7. The average molecular weight is 283 g/mol. The molecule has 2 atom stereocenters. The third kappa shape index (κ3) is 1.86. The smallest absolute Gasteiger partial charge is 0.301 e. The number of aliphatic hydroxyl groups excluding tert-OH is 1. The summed E-state index contributed by atoms with van der Waals surface area (Å²) in [5, 5.41) is 9.87. The molecule has 0 saturated carbocycles. The van der Waals surface area contributed by atoms with Gasteiger partial charge in [-0.05, 0) is 6.08 Å². The second-order valence-electron chi connectivity index (χ2n) is 4.50. The van der Waals surface area contributed by atoms with E-state index in [4.69, 9.17) is 10.5 Å². The maximum absolute atomic E-state index is 13.2. The summed E-state index contributed by atoms with van der Waals surface area (Å²) in [5.41, 5.74) is 6.26. The number of allylic oxidation sites excluding steroid dienone is 1.